The van der Waals surface area contributed by atoms with Crippen LogP contribution in [-0.2, 0) is 14.8 Å². The highest BCUT2D eigenvalue weighted by Gasteiger charge is 2.31. The number of halogens is 1. The number of hydrogen-bond acceptors (Lipinski definition) is 6. The Morgan fingerprint density at radius 1 is 1.43 bits per heavy atom. The normalized spacial score (nSPS) is 16.6. The molecule has 2 rings (SSSR count). The molecule has 0 aromatic carbocycles. The van der Waals surface area contributed by atoms with Crippen LogP contribution in [0, 0.1) is 0 Å². The second kappa shape index (κ2) is 7.15. The molecule has 1 fully saturated rings. The van der Waals surface area contributed by atoms with E-state index in [2.05, 4.69) is 6.58 Å². The van der Waals surface area contributed by atoms with Gasteiger partial charge in [0.25, 0.3) is 0 Å². The molecule has 0 atom stereocenters. The van der Waals surface area contributed by atoms with Crippen molar-refractivity contribution >= 4 is 50.7 Å². The average molecular weight is 368 g/mol. The maximum absolute atomic E-state index is 12.6. The van der Waals surface area contributed by atoms with Crippen molar-refractivity contribution in [2.75, 3.05) is 31.2 Å². The van der Waals surface area contributed by atoms with Gasteiger partial charge in [0.05, 0.1) is 0 Å². The Kier molecular flexibility index (Phi) is 5.73. The van der Waals surface area contributed by atoms with Crippen molar-refractivity contribution in [3.05, 3.63) is 27.9 Å². The Bertz CT molecular complexity index is 635. The summed E-state index contributed by atoms with van der Waals surface area (Å²) in [6, 6.07) is 1.44. The fourth-order valence-corrected chi connectivity index (χ4v) is 5.70. The Morgan fingerprint density at radius 3 is 2.71 bits per heavy atom. The number of esters is 1. The first-order chi connectivity index (χ1) is 9.93. The number of rotatable bonds is 5. The molecule has 0 aliphatic carbocycles. The molecule has 0 amide bonds. The van der Waals surface area contributed by atoms with E-state index in [1.54, 1.807) is 17.1 Å². The maximum Gasteiger partial charge on any atom is 0.350 e. The van der Waals surface area contributed by atoms with Crippen LogP contribution in [0.2, 0.25) is 0 Å². The zero-order valence-electron chi connectivity index (χ0n) is 11.1. The van der Waals surface area contributed by atoms with Gasteiger partial charge in [-0.05, 0) is 11.4 Å². The maximum atomic E-state index is 12.6. The minimum atomic E-state index is -3.66. The van der Waals surface area contributed by atoms with Gasteiger partial charge in [-0.25, -0.2) is 13.2 Å². The molecule has 1 aliphatic rings. The summed E-state index contributed by atoms with van der Waals surface area (Å²) in [5, 5.41) is 1.75. The van der Waals surface area contributed by atoms with Crippen LogP contribution in [0.4, 0.5) is 0 Å². The fraction of sp³-hybridized carbons (Fsp3) is 0.417. The van der Waals surface area contributed by atoms with E-state index in [1.165, 1.54) is 10.4 Å². The first-order valence-electron chi connectivity index (χ1n) is 6.08. The van der Waals surface area contributed by atoms with Gasteiger partial charge in [-0.2, -0.15) is 16.1 Å². The van der Waals surface area contributed by atoms with Crippen molar-refractivity contribution in [1.29, 1.82) is 0 Å². The number of hydrogen-bond donors (Lipinski definition) is 0. The highest BCUT2D eigenvalue weighted by molar-refractivity contribution is 7.99. The van der Waals surface area contributed by atoms with Crippen LogP contribution < -0.4 is 0 Å². The van der Waals surface area contributed by atoms with Gasteiger partial charge in [0, 0.05) is 29.6 Å². The summed E-state index contributed by atoms with van der Waals surface area (Å²) in [6.45, 7) is 4.18. The van der Waals surface area contributed by atoms with E-state index in [-0.39, 0.29) is 21.4 Å². The summed E-state index contributed by atoms with van der Waals surface area (Å²) in [4.78, 5) is 12.0. The van der Waals surface area contributed by atoms with Crippen molar-refractivity contribution in [1.82, 2.24) is 4.31 Å². The largest absolute Gasteiger partial charge is 0.456 e. The van der Waals surface area contributed by atoms with Gasteiger partial charge in [-0.15, -0.1) is 11.3 Å². The molecule has 5 nitrogen and oxygen atoms in total. The molecule has 1 aromatic rings. The lowest BCUT2D eigenvalue weighted by Crippen LogP contribution is -2.38. The topological polar surface area (TPSA) is 63.7 Å². The molecular formula is C12H14ClNO4S3. The lowest BCUT2D eigenvalue weighted by Gasteiger charge is -2.25. The van der Waals surface area contributed by atoms with Crippen LogP contribution >= 0.6 is 34.7 Å². The molecule has 0 bridgehead atoms. The first-order valence-corrected chi connectivity index (χ1v) is 9.94. The molecule has 0 spiro atoms. The van der Waals surface area contributed by atoms with E-state index in [1.807, 2.05) is 0 Å². The molecule has 0 saturated carbocycles. The molecule has 9 heteroatoms. The van der Waals surface area contributed by atoms with Crippen molar-refractivity contribution < 1.29 is 17.9 Å². The van der Waals surface area contributed by atoms with Crippen molar-refractivity contribution in [2.24, 2.45) is 0 Å². The van der Waals surface area contributed by atoms with Crippen LogP contribution in [0.25, 0.3) is 0 Å². The lowest BCUT2D eigenvalue weighted by atomic mass is 10.5. The number of ether oxygens (including phenoxy) is 1. The van der Waals surface area contributed by atoms with Gasteiger partial charge in [-0.3, -0.25) is 0 Å². The minimum Gasteiger partial charge on any atom is -0.456 e. The van der Waals surface area contributed by atoms with E-state index in [9.17, 15) is 13.2 Å². The standard InChI is InChI=1S/C12H14ClNO4S3/c1-9(13)8-18-12(15)11-10(2-5-20-11)21(16,17)14-3-6-19-7-4-14/h2,5H,1,3-4,6-8H2. The second-order valence-electron chi connectivity index (χ2n) is 4.22. The molecular weight excluding hydrogens is 354 g/mol. The monoisotopic (exact) mass is 367 g/mol. The Hall–Kier alpha value is -0.540. The molecule has 116 valence electrons. The van der Waals surface area contributed by atoms with Gasteiger partial charge in [0.2, 0.25) is 10.0 Å². The van der Waals surface area contributed by atoms with Crippen LogP contribution in [-0.4, -0.2) is 49.9 Å². The fourth-order valence-electron chi connectivity index (χ4n) is 1.78. The van der Waals surface area contributed by atoms with Crippen molar-refractivity contribution in [3.8, 4) is 0 Å². The van der Waals surface area contributed by atoms with Crippen LogP contribution in [0.1, 0.15) is 9.67 Å². The summed E-state index contributed by atoms with van der Waals surface area (Å²) in [5.74, 6) is 0.821. The lowest BCUT2D eigenvalue weighted by molar-refractivity contribution is 0.0547. The number of carbonyl (C=O) groups is 1. The van der Waals surface area contributed by atoms with E-state index in [4.69, 9.17) is 16.3 Å². The summed E-state index contributed by atoms with van der Waals surface area (Å²) in [5.41, 5.74) is 0. The quantitative estimate of drug-likeness (QED) is 0.748. The van der Waals surface area contributed by atoms with Gasteiger partial charge in [-0.1, -0.05) is 18.2 Å². The second-order valence-corrected chi connectivity index (χ2v) is 8.81. The molecule has 21 heavy (non-hydrogen) atoms. The summed E-state index contributed by atoms with van der Waals surface area (Å²) in [7, 11) is -3.66. The van der Waals surface area contributed by atoms with Crippen LogP contribution in [0.3, 0.4) is 0 Å². The number of nitrogens with zero attached hydrogens (tertiary/aromatic N) is 1. The van der Waals surface area contributed by atoms with Crippen molar-refractivity contribution in [2.45, 2.75) is 4.90 Å². The van der Waals surface area contributed by atoms with Gasteiger partial charge in [0.1, 0.15) is 16.4 Å². The van der Waals surface area contributed by atoms with E-state index >= 15 is 0 Å². The number of carbonyl (C=O) groups excluding carboxylic acids is 1. The molecule has 0 radical (unpaired) electrons. The Morgan fingerprint density at radius 2 is 2.10 bits per heavy atom. The van der Waals surface area contributed by atoms with Crippen LogP contribution in [0.15, 0.2) is 28.0 Å². The third-order valence-electron chi connectivity index (χ3n) is 2.76. The SMILES string of the molecule is C=C(Cl)COC(=O)c1sccc1S(=O)(=O)N1CCSCC1. The number of sulfonamides is 1. The molecule has 1 saturated heterocycles. The number of thiophene rings is 1. The highest BCUT2D eigenvalue weighted by atomic mass is 35.5. The zero-order valence-corrected chi connectivity index (χ0v) is 14.3. The smallest absolute Gasteiger partial charge is 0.350 e. The molecule has 1 aromatic heterocycles. The van der Waals surface area contributed by atoms with E-state index in [0.29, 0.717) is 13.1 Å². The highest BCUT2D eigenvalue weighted by Crippen LogP contribution is 2.27. The molecule has 0 N–H and O–H groups in total. The van der Waals surface area contributed by atoms with Crippen molar-refractivity contribution in [3.63, 3.8) is 0 Å². The minimum absolute atomic E-state index is 0.00425. The van der Waals surface area contributed by atoms with Gasteiger partial charge in [0.15, 0.2) is 0 Å². The first kappa shape index (κ1) is 16.8. The third-order valence-corrected chi connectivity index (χ3v) is 6.78. The Balaban J connectivity index is 2.22. The number of thioether (sulfide) groups is 1. The molecule has 0 unspecified atom stereocenters. The van der Waals surface area contributed by atoms with Gasteiger partial charge < -0.3 is 4.74 Å². The Labute approximate surface area is 137 Å². The summed E-state index contributed by atoms with van der Waals surface area (Å²) in [6.07, 6.45) is 0. The zero-order chi connectivity index (χ0) is 15.5. The summed E-state index contributed by atoms with van der Waals surface area (Å²) >= 11 is 8.29. The van der Waals surface area contributed by atoms with Crippen LogP contribution in [0.5, 0.6) is 0 Å². The summed E-state index contributed by atoms with van der Waals surface area (Å²) < 4.78 is 31.5. The predicted octanol–water partition coefficient (Wildman–Crippen LogP) is 2.39. The van der Waals surface area contributed by atoms with Gasteiger partial charge >= 0.3 is 5.97 Å². The third kappa shape index (κ3) is 4.01. The molecule has 2 heterocycles. The van der Waals surface area contributed by atoms with E-state index < -0.39 is 16.0 Å². The molecule has 1 aliphatic heterocycles. The van der Waals surface area contributed by atoms with E-state index in [0.717, 1.165) is 22.8 Å². The average Bonchev–Trinajstić information content (AvgIpc) is 2.96. The predicted molar refractivity (Wildman–Crippen MR) is 85.7 cm³/mol.